The van der Waals surface area contributed by atoms with Crippen LogP contribution in [0.1, 0.15) is 13.3 Å². The van der Waals surface area contributed by atoms with Crippen LogP contribution in [0.25, 0.3) is 0 Å². The molecule has 2 aromatic rings. The van der Waals surface area contributed by atoms with E-state index in [2.05, 4.69) is 0 Å². The van der Waals surface area contributed by atoms with Gasteiger partial charge in [-0.1, -0.05) is 11.6 Å². The first-order valence-corrected chi connectivity index (χ1v) is 10.7. The van der Waals surface area contributed by atoms with Gasteiger partial charge in [0.25, 0.3) is 0 Å². The van der Waals surface area contributed by atoms with Gasteiger partial charge in [-0.05, 0) is 61.9 Å². The molecule has 1 unspecified atom stereocenters. The summed E-state index contributed by atoms with van der Waals surface area (Å²) < 4.78 is 31.4. The van der Waals surface area contributed by atoms with E-state index in [-0.39, 0.29) is 13.2 Å². The van der Waals surface area contributed by atoms with Crippen molar-refractivity contribution in [1.82, 2.24) is 4.67 Å². The Hall–Kier alpha value is -1.85. The summed E-state index contributed by atoms with van der Waals surface area (Å²) in [4.78, 5) is 11.8. The van der Waals surface area contributed by atoms with E-state index < -0.39 is 13.5 Å². The summed E-state index contributed by atoms with van der Waals surface area (Å²) in [7, 11) is -3.30. The third kappa shape index (κ3) is 4.90. The highest BCUT2D eigenvalue weighted by Gasteiger charge is 2.38. The zero-order chi connectivity index (χ0) is 19.3. The molecule has 1 fully saturated rings. The second-order valence-electron chi connectivity index (χ2n) is 5.95. The third-order valence-corrected chi connectivity index (χ3v) is 6.85. The van der Waals surface area contributed by atoms with E-state index in [0.29, 0.717) is 41.4 Å². The molecule has 1 atom stereocenters. The number of halogens is 1. The van der Waals surface area contributed by atoms with Crippen LogP contribution in [0.3, 0.4) is 0 Å². The van der Waals surface area contributed by atoms with Gasteiger partial charge >= 0.3 is 13.5 Å². The molecule has 6 nitrogen and oxygen atoms in total. The van der Waals surface area contributed by atoms with E-state index >= 15 is 0 Å². The largest absolute Gasteiger partial charge is 0.465 e. The van der Waals surface area contributed by atoms with E-state index in [4.69, 9.17) is 25.6 Å². The molecule has 144 valence electrons. The Morgan fingerprint density at radius 3 is 2.41 bits per heavy atom. The Kier molecular flexibility index (Phi) is 6.55. The number of benzene rings is 2. The van der Waals surface area contributed by atoms with Crippen LogP contribution in [-0.4, -0.2) is 36.9 Å². The average Bonchev–Trinajstić information content (AvgIpc) is 2.66. The maximum atomic E-state index is 13.5. The molecule has 0 bridgehead atoms. The van der Waals surface area contributed by atoms with Gasteiger partial charge in [0.05, 0.1) is 18.5 Å². The van der Waals surface area contributed by atoms with Gasteiger partial charge in [0.15, 0.2) is 0 Å². The molecule has 0 amide bonds. The van der Waals surface area contributed by atoms with Crippen molar-refractivity contribution in [3.05, 3.63) is 53.6 Å². The maximum absolute atomic E-state index is 13.5. The van der Waals surface area contributed by atoms with Crippen LogP contribution in [-0.2, 0) is 18.6 Å². The molecule has 0 saturated carbocycles. The summed E-state index contributed by atoms with van der Waals surface area (Å²) in [5, 5.41) is 1.15. The molecule has 0 radical (unpaired) electrons. The molecule has 1 aliphatic rings. The van der Waals surface area contributed by atoms with Gasteiger partial charge in [-0.15, -0.1) is 0 Å². The van der Waals surface area contributed by atoms with E-state index in [1.165, 1.54) is 0 Å². The van der Waals surface area contributed by atoms with Gasteiger partial charge in [-0.3, -0.25) is 9.36 Å². The van der Waals surface area contributed by atoms with Crippen molar-refractivity contribution in [2.75, 3.05) is 26.3 Å². The van der Waals surface area contributed by atoms with Crippen molar-refractivity contribution in [2.45, 2.75) is 13.3 Å². The smallest absolute Gasteiger partial charge is 0.320 e. The van der Waals surface area contributed by atoms with Crippen LogP contribution in [0.15, 0.2) is 48.5 Å². The van der Waals surface area contributed by atoms with Gasteiger partial charge < -0.3 is 14.0 Å². The number of ether oxygens (including phenoxy) is 2. The lowest BCUT2D eigenvalue weighted by Gasteiger charge is -2.34. The lowest BCUT2D eigenvalue weighted by atomic mass is 10.3. The summed E-state index contributed by atoms with van der Waals surface area (Å²) in [5.41, 5.74) is 0. The van der Waals surface area contributed by atoms with E-state index in [1.54, 1.807) is 60.1 Å². The van der Waals surface area contributed by atoms with Crippen LogP contribution in [0.5, 0.6) is 11.5 Å². The number of hydrogen-bond donors (Lipinski definition) is 0. The number of rotatable bonds is 6. The molecule has 1 heterocycles. The van der Waals surface area contributed by atoms with Crippen molar-refractivity contribution >= 4 is 30.4 Å². The Morgan fingerprint density at radius 1 is 1.15 bits per heavy atom. The predicted octanol–water partition coefficient (Wildman–Crippen LogP) is 4.24. The Labute approximate surface area is 163 Å². The SMILES string of the molecule is CCOC(=O)CN1CCCOP1(=O)c1ccc(Oc2ccc(Cl)cc2)cc1. The number of carbonyl (C=O) groups excluding carboxylic acids is 1. The lowest BCUT2D eigenvalue weighted by Crippen LogP contribution is -2.37. The normalized spacial score (nSPS) is 20.2. The highest BCUT2D eigenvalue weighted by molar-refractivity contribution is 7.64. The minimum Gasteiger partial charge on any atom is -0.465 e. The summed E-state index contributed by atoms with van der Waals surface area (Å²) in [6.07, 6.45) is 0.709. The molecular formula is C19H21ClNO5P. The van der Waals surface area contributed by atoms with Gasteiger partial charge in [-0.2, -0.15) is 0 Å². The number of hydrogen-bond acceptors (Lipinski definition) is 5. The zero-order valence-electron chi connectivity index (χ0n) is 15.0. The van der Waals surface area contributed by atoms with Crippen LogP contribution in [0, 0.1) is 0 Å². The second-order valence-corrected chi connectivity index (χ2v) is 8.77. The second kappa shape index (κ2) is 8.89. The Bertz CT molecular complexity index is 825. The molecule has 8 heteroatoms. The molecule has 0 aromatic heterocycles. The van der Waals surface area contributed by atoms with Crippen molar-refractivity contribution in [2.24, 2.45) is 0 Å². The van der Waals surface area contributed by atoms with Gasteiger partial charge in [0, 0.05) is 11.6 Å². The first-order chi connectivity index (χ1) is 13.0. The van der Waals surface area contributed by atoms with Crippen molar-refractivity contribution in [1.29, 1.82) is 0 Å². The highest BCUT2D eigenvalue weighted by atomic mass is 35.5. The first-order valence-electron chi connectivity index (χ1n) is 8.71. The molecule has 3 rings (SSSR count). The molecule has 1 aliphatic heterocycles. The number of carbonyl (C=O) groups is 1. The zero-order valence-corrected chi connectivity index (χ0v) is 16.6. The number of esters is 1. The topological polar surface area (TPSA) is 65.1 Å². The maximum Gasteiger partial charge on any atom is 0.320 e. The predicted molar refractivity (Wildman–Crippen MR) is 104 cm³/mol. The minimum atomic E-state index is -3.30. The molecule has 0 aliphatic carbocycles. The standard InChI is InChI=1S/C19H21ClNO5P/c1-2-24-19(22)14-21-12-3-13-25-27(21,23)18-10-8-17(9-11-18)26-16-6-4-15(20)5-7-16/h4-11H,2-3,12-14H2,1H3. The average molecular weight is 410 g/mol. The fourth-order valence-corrected chi connectivity index (χ4v) is 5.13. The fourth-order valence-electron chi connectivity index (χ4n) is 2.76. The highest BCUT2D eigenvalue weighted by Crippen LogP contribution is 2.52. The van der Waals surface area contributed by atoms with Gasteiger partial charge in [0.2, 0.25) is 0 Å². The van der Waals surface area contributed by atoms with Crippen molar-refractivity contribution < 1.29 is 23.4 Å². The van der Waals surface area contributed by atoms with Crippen LogP contribution >= 0.6 is 19.1 Å². The van der Waals surface area contributed by atoms with Crippen molar-refractivity contribution in [3.8, 4) is 11.5 Å². The van der Waals surface area contributed by atoms with E-state index in [1.807, 2.05) is 0 Å². The van der Waals surface area contributed by atoms with Gasteiger partial charge in [0.1, 0.15) is 18.0 Å². The first kappa shape index (κ1) is 19.9. The van der Waals surface area contributed by atoms with E-state index in [0.717, 1.165) is 0 Å². The molecule has 1 saturated heterocycles. The van der Waals surface area contributed by atoms with Gasteiger partial charge in [-0.25, -0.2) is 4.67 Å². The third-order valence-electron chi connectivity index (χ3n) is 4.03. The molecule has 27 heavy (non-hydrogen) atoms. The van der Waals surface area contributed by atoms with Crippen LogP contribution < -0.4 is 10.0 Å². The number of nitrogens with zero attached hydrogens (tertiary/aromatic N) is 1. The van der Waals surface area contributed by atoms with E-state index in [9.17, 15) is 9.36 Å². The minimum absolute atomic E-state index is 0.0614. The molecule has 0 spiro atoms. The Morgan fingerprint density at radius 2 is 1.78 bits per heavy atom. The monoisotopic (exact) mass is 409 g/mol. The lowest BCUT2D eigenvalue weighted by molar-refractivity contribution is -0.143. The molecule has 0 N–H and O–H groups in total. The summed E-state index contributed by atoms with van der Waals surface area (Å²) in [5.74, 6) is 0.837. The molecule has 2 aromatic carbocycles. The summed E-state index contributed by atoms with van der Waals surface area (Å²) >= 11 is 5.87. The Balaban J connectivity index is 1.75. The summed E-state index contributed by atoms with van der Waals surface area (Å²) in [6.45, 7) is 2.87. The molecular weight excluding hydrogens is 389 g/mol. The van der Waals surface area contributed by atoms with Crippen LogP contribution in [0.4, 0.5) is 0 Å². The fraction of sp³-hybridized carbons (Fsp3) is 0.316. The van der Waals surface area contributed by atoms with Crippen molar-refractivity contribution in [3.63, 3.8) is 0 Å². The summed E-state index contributed by atoms with van der Waals surface area (Å²) in [6, 6.07) is 13.9. The quantitative estimate of drug-likeness (QED) is 0.525. The van der Waals surface area contributed by atoms with Crippen LogP contribution in [0.2, 0.25) is 5.02 Å².